The van der Waals surface area contributed by atoms with Crippen molar-refractivity contribution in [2.45, 2.75) is 19.8 Å². The second-order valence-corrected chi connectivity index (χ2v) is 8.37. The third-order valence-corrected chi connectivity index (χ3v) is 6.53. The van der Waals surface area contributed by atoms with Crippen molar-refractivity contribution in [2.24, 2.45) is 0 Å². The van der Waals surface area contributed by atoms with Crippen LogP contribution >= 0.6 is 0 Å². The van der Waals surface area contributed by atoms with Gasteiger partial charge in [0.05, 0.1) is 13.2 Å². The first-order chi connectivity index (χ1) is 15.1. The van der Waals surface area contributed by atoms with E-state index >= 15 is 0 Å². The van der Waals surface area contributed by atoms with Crippen molar-refractivity contribution in [2.75, 3.05) is 38.2 Å². The Morgan fingerprint density at radius 3 is 2.68 bits per heavy atom. The van der Waals surface area contributed by atoms with Gasteiger partial charge in [-0.25, -0.2) is 4.98 Å². The summed E-state index contributed by atoms with van der Waals surface area (Å²) < 4.78 is 5.38. The van der Waals surface area contributed by atoms with Crippen molar-refractivity contribution in [3.05, 3.63) is 82.5 Å². The number of morpholine rings is 1. The molecule has 5 heteroatoms. The van der Waals surface area contributed by atoms with Crippen LogP contribution in [0.1, 0.15) is 38.5 Å². The second-order valence-electron chi connectivity index (χ2n) is 8.37. The summed E-state index contributed by atoms with van der Waals surface area (Å²) in [6, 6.07) is 16.6. The first-order valence-electron chi connectivity index (χ1n) is 10.9. The van der Waals surface area contributed by atoms with Gasteiger partial charge in [0.25, 0.3) is 5.91 Å². The summed E-state index contributed by atoms with van der Waals surface area (Å²) in [7, 11) is 0. The number of fused-ring (bicyclic) bond motifs is 1. The number of carbonyl (C=O) groups is 1. The third kappa shape index (κ3) is 3.70. The van der Waals surface area contributed by atoms with E-state index in [0.29, 0.717) is 31.9 Å². The highest BCUT2D eigenvalue weighted by atomic mass is 16.5. The van der Waals surface area contributed by atoms with E-state index in [0.717, 1.165) is 23.5 Å². The van der Waals surface area contributed by atoms with E-state index in [9.17, 15) is 4.79 Å². The summed E-state index contributed by atoms with van der Waals surface area (Å²) in [5, 5.41) is 3.46. The molecule has 0 radical (unpaired) electrons. The second kappa shape index (κ2) is 8.16. The van der Waals surface area contributed by atoms with Crippen LogP contribution in [0.15, 0.2) is 54.7 Å². The number of carbonyl (C=O) groups excluding carboxylic acids is 1. The lowest BCUT2D eigenvalue weighted by Gasteiger charge is -2.27. The highest BCUT2D eigenvalue weighted by Gasteiger charge is 2.27. The quantitative estimate of drug-likeness (QED) is 0.692. The van der Waals surface area contributed by atoms with Crippen molar-refractivity contribution >= 4 is 11.7 Å². The minimum absolute atomic E-state index is 0.0641. The molecule has 1 atom stereocenters. The van der Waals surface area contributed by atoms with Gasteiger partial charge in [0.2, 0.25) is 0 Å². The molecule has 0 aliphatic carbocycles. The number of aryl methyl sites for hydroxylation is 1. The molecule has 1 unspecified atom stereocenters. The zero-order chi connectivity index (χ0) is 21.4. The number of hydrogen-bond acceptors (Lipinski definition) is 4. The Kier molecular flexibility index (Phi) is 5.20. The predicted octanol–water partition coefficient (Wildman–Crippen LogP) is 4.40. The number of benzene rings is 2. The van der Waals surface area contributed by atoms with Crippen molar-refractivity contribution in [3.63, 3.8) is 0 Å². The normalized spacial score (nSPS) is 17.9. The van der Waals surface area contributed by atoms with E-state index in [4.69, 9.17) is 9.72 Å². The first kappa shape index (κ1) is 19.8. The molecule has 0 spiro atoms. The Hall–Kier alpha value is -3.18. The van der Waals surface area contributed by atoms with E-state index in [-0.39, 0.29) is 11.8 Å². The molecule has 31 heavy (non-hydrogen) atoms. The molecule has 0 saturated carbocycles. The lowest BCUT2D eigenvalue weighted by atomic mass is 9.88. The van der Waals surface area contributed by atoms with E-state index in [1.807, 2.05) is 29.3 Å². The van der Waals surface area contributed by atoms with Crippen LogP contribution in [0.2, 0.25) is 0 Å². The van der Waals surface area contributed by atoms with Gasteiger partial charge in [0.15, 0.2) is 0 Å². The molecule has 2 aliphatic heterocycles. The number of ether oxygens (including phenoxy) is 1. The molecule has 3 heterocycles. The van der Waals surface area contributed by atoms with Crippen molar-refractivity contribution < 1.29 is 9.53 Å². The molecule has 5 nitrogen and oxygen atoms in total. The van der Waals surface area contributed by atoms with Gasteiger partial charge in [-0.2, -0.15) is 0 Å². The van der Waals surface area contributed by atoms with E-state index < -0.39 is 0 Å². The highest BCUT2D eigenvalue weighted by molar-refractivity contribution is 5.95. The fraction of sp³-hybridized carbons (Fsp3) is 0.308. The lowest BCUT2D eigenvalue weighted by molar-refractivity contribution is 0.0303. The van der Waals surface area contributed by atoms with Crippen LogP contribution < -0.4 is 5.32 Å². The first-order valence-corrected chi connectivity index (χ1v) is 10.9. The van der Waals surface area contributed by atoms with Crippen molar-refractivity contribution in [3.8, 4) is 11.1 Å². The Bertz CT molecular complexity index is 1140. The smallest absolute Gasteiger partial charge is 0.254 e. The summed E-state index contributed by atoms with van der Waals surface area (Å²) in [5.41, 5.74) is 7.98. The molecule has 5 rings (SSSR count). The zero-order valence-electron chi connectivity index (χ0n) is 18.0. The van der Waals surface area contributed by atoms with Crippen LogP contribution in [0.3, 0.4) is 0 Å². The number of anilines is 1. The summed E-state index contributed by atoms with van der Waals surface area (Å²) in [4.78, 5) is 19.5. The summed E-state index contributed by atoms with van der Waals surface area (Å²) in [6.45, 7) is 7.71. The summed E-state index contributed by atoms with van der Waals surface area (Å²) in [5.74, 6) is 1.30. The molecular formula is C26H27N3O2. The van der Waals surface area contributed by atoms with Gasteiger partial charge in [-0.05, 0) is 54.3 Å². The maximum atomic E-state index is 12.9. The number of hydrogen-bond donors (Lipinski definition) is 1. The average molecular weight is 414 g/mol. The molecule has 2 aliphatic rings. The number of aromatic nitrogens is 1. The fourth-order valence-electron chi connectivity index (χ4n) is 4.57. The number of rotatable bonds is 3. The monoisotopic (exact) mass is 413 g/mol. The van der Waals surface area contributed by atoms with Gasteiger partial charge >= 0.3 is 0 Å². The number of nitrogens with zero attached hydrogens (tertiary/aromatic N) is 2. The molecule has 1 amide bonds. The van der Waals surface area contributed by atoms with Crippen LogP contribution in [-0.2, 0) is 4.74 Å². The fourth-order valence-corrected chi connectivity index (χ4v) is 4.57. The Morgan fingerprint density at radius 1 is 1.03 bits per heavy atom. The molecule has 1 N–H and O–H groups in total. The zero-order valence-corrected chi connectivity index (χ0v) is 18.0. The number of amides is 1. The lowest BCUT2D eigenvalue weighted by Crippen LogP contribution is -2.40. The Labute approximate surface area is 183 Å². The van der Waals surface area contributed by atoms with Crippen LogP contribution in [0, 0.1) is 13.8 Å². The number of pyridine rings is 1. The summed E-state index contributed by atoms with van der Waals surface area (Å²) >= 11 is 0. The van der Waals surface area contributed by atoms with Crippen LogP contribution in [-0.4, -0.2) is 48.6 Å². The van der Waals surface area contributed by atoms with E-state index in [1.54, 1.807) is 0 Å². The maximum Gasteiger partial charge on any atom is 0.254 e. The standard InChI is InChI=1S/C26H27N3O2/c1-17-5-3-8-22(18(17)2)24-16-28-25-23(24)14-21(15-27-25)19-6-4-7-20(13-19)26(30)29-9-11-31-12-10-29/h3-8,13-15,24H,9-12,16H2,1-2H3,(H,27,28). The topological polar surface area (TPSA) is 54.5 Å². The summed E-state index contributed by atoms with van der Waals surface area (Å²) in [6.07, 6.45) is 1.90. The molecule has 1 saturated heterocycles. The average Bonchev–Trinajstić information content (AvgIpc) is 3.24. The van der Waals surface area contributed by atoms with Gasteiger partial charge in [0, 0.05) is 48.4 Å². The van der Waals surface area contributed by atoms with Gasteiger partial charge in [-0.1, -0.05) is 30.3 Å². The van der Waals surface area contributed by atoms with E-state index in [1.165, 1.54) is 22.3 Å². The molecule has 2 aromatic carbocycles. The SMILES string of the molecule is Cc1cccc(C2CNc3ncc(-c4cccc(C(=O)N5CCOCC5)c4)cc32)c1C. The minimum Gasteiger partial charge on any atom is -0.378 e. The Balaban J connectivity index is 1.48. The van der Waals surface area contributed by atoms with Gasteiger partial charge in [-0.3, -0.25) is 4.79 Å². The van der Waals surface area contributed by atoms with Crippen molar-refractivity contribution in [1.29, 1.82) is 0 Å². The third-order valence-electron chi connectivity index (χ3n) is 6.53. The van der Waals surface area contributed by atoms with Gasteiger partial charge in [0.1, 0.15) is 5.82 Å². The van der Waals surface area contributed by atoms with Gasteiger partial charge in [-0.15, -0.1) is 0 Å². The van der Waals surface area contributed by atoms with Crippen LogP contribution in [0.5, 0.6) is 0 Å². The maximum absolute atomic E-state index is 12.9. The molecule has 1 aromatic heterocycles. The molecular weight excluding hydrogens is 386 g/mol. The largest absolute Gasteiger partial charge is 0.378 e. The highest BCUT2D eigenvalue weighted by Crippen LogP contribution is 2.38. The van der Waals surface area contributed by atoms with E-state index in [2.05, 4.69) is 49.5 Å². The number of nitrogens with one attached hydrogen (secondary N) is 1. The molecule has 3 aromatic rings. The predicted molar refractivity (Wildman–Crippen MR) is 123 cm³/mol. The Morgan fingerprint density at radius 2 is 1.84 bits per heavy atom. The van der Waals surface area contributed by atoms with Crippen LogP contribution in [0.25, 0.3) is 11.1 Å². The molecule has 158 valence electrons. The molecule has 1 fully saturated rings. The van der Waals surface area contributed by atoms with Crippen molar-refractivity contribution in [1.82, 2.24) is 9.88 Å². The van der Waals surface area contributed by atoms with Crippen LogP contribution in [0.4, 0.5) is 5.82 Å². The molecule has 0 bridgehead atoms. The minimum atomic E-state index is 0.0641. The van der Waals surface area contributed by atoms with Gasteiger partial charge < -0.3 is 15.0 Å².